The van der Waals surface area contributed by atoms with Crippen molar-refractivity contribution >= 4 is 20.6 Å². The van der Waals surface area contributed by atoms with E-state index in [4.69, 9.17) is 30.2 Å². The SMILES string of the molecule is CCO[Si](CCCCC1=NC(N=[N+]=[N-])=NC(N=[N+]=[N-])N1N)(OCC)OCC. The number of aliphatic imine (C=N–C) groups is 2. The van der Waals surface area contributed by atoms with Crippen LogP contribution in [-0.2, 0) is 13.3 Å². The van der Waals surface area contributed by atoms with E-state index in [9.17, 15) is 0 Å². The van der Waals surface area contributed by atoms with Crippen LogP contribution >= 0.6 is 0 Å². The van der Waals surface area contributed by atoms with Crippen molar-refractivity contribution in [1.82, 2.24) is 5.01 Å². The van der Waals surface area contributed by atoms with E-state index >= 15 is 0 Å². The fourth-order valence-corrected chi connectivity index (χ4v) is 5.21. The second-order valence-electron chi connectivity index (χ2n) is 5.29. The van der Waals surface area contributed by atoms with Crippen molar-refractivity contribution < 1.29 is 13.3 Å². The third kappa shape index (κ3) is 7.15. The summed E-state index contributed by atoms with van der Waals surface area (Å²) in [4.78, 5) is 13.3. The van der Waals surface area contributed by atoms with Crippen LogP contribution in [0.5, 0.6) is 0 Å². The Labute approximate surface area is 158 Å². The maximum Gasteiger partial charge on any atom is 0.500 e. The predicted molar refractivity (Wildman–Crippen MR) is 102 cm³/mol. The molecule has 0 saturated carbocycles. The Hall–Kier alpha value is -2.18. The summed E-state index contributed by atoms with van der Waals surface area (Å²) < 4.78 is 17.5. The highest BCUT2D eigenvalue weighted by Gasteiger charge is 2.39. The Morgan fingerprint density at radius 1 is 1.11 bits per heavy atom. The number of nitrogens with zero attached hydrogens (tertiary/aromatic N) is 9. The van der Waals surface area contributed by atoms with Crippen LogP contribution in [0.2, 0.25) is 6.04 Å². The van der Waals surface area contributed by atoms with Gasteiger partial charge in [0.25, 0.3) is 0 Å². The smallest absolute Gasteiger partial charge is 0.374 e. The van der Waals surface area contributed by atoms with Crippen LogP contribution in [-0.4, -0.2) is 51.7 Å². The molecular weight excluding hydrogens is 372 g/mol. The number of hydrogen-bond acceptors (Lipinski definition) is 9. The molecule has 1 atom stereocenters. The molecule has 1 unspecified atom stereocenters. The predicted octanol–water partition coefficient (Wildman–Crippen LogP) is 3.05. The number of unbranched alkanes of at least 4 members (excludes halogenated alkanes) is 1. The summed E-state index contributed by atoms with van der Waals surface area (Å²) in [5.41, 5.74) is 17.2. The molecule has 0 aromatic heterocycles. The molecule has 27 heavy (non-hydrogen) atoms. The molecule has 0 fully saturated rings. The van der Waals surface area contributed by atoms with E-state index in [1.165, 1.54) is 0 Å². The van der Waals surface area contributed by atoms with Gasteiger partial charge in [-0.25, -0.2) is 15.8 Å². The first-order valence-corrected chi connectivity index (χ1v) is 10.7. The number of azide groups is 2. The molecule has 0 aromatic carbocycles. The molecule has 0 bridgehead atoms. The van der Waals surface area contributed by atoms with E-state index in [0.29, 0.717) is 44.5 Å². The quantitative estimate of drug-likeness (QED) is 0.132. The van der Waals surface area contributed by atoms with Gasteiger partial charge in [-0.05, 0) is 54.9 Å². The van der Waals surface area contributed by atoms with Crippen LogP contribution in [0.15, 0.2) is 20.2 Å². The Morgan fingerprint density at radius 3 is 2.26 bits per heavy atom. The van der Waals surface area contributed by atoms with Crippen LogP contribution in [0.1, 0.15) is 40.0 Å². The molecule has 2 N–H and O–H groups in total. The van der Waals surface area contributed by atoms with Crippen LogP contribution in [0.25, 0.3) is 20.9 Å². The fourth-order valence-electron chi connectivity index (χ4n) is 2.53. The summed E-state index contributed by atoms with van der Waals surface area (Å²) in [7, 11) is -2.69. The van der Waals surface area contributed by atoms with E-state index in [0.717, 1.165) is 11.4 Å². The zero-order valence-electron chi connectivity index (χ0n) is 15.9. The van der Waals surface area contributed by atoms with Gasteiger partial charge in [-0.15, -0.1) is 0 Å². The first-order chi connectivity index (χ1) is 13.1. The molecule has 0 saturated heterocycles. The standard InChI is InChI=1S/C13H26N10O3Si/c1-4-24-27(25-5-2,26-6-3)10-8-7-9-11-17-12(19-21-14)18-13(20-22-15)23(11)16/h13H,4-10,16H2,1-3H3. The molecular formula is C13H26N10O3Si. The van der Waals surface area contributed by atoms with Gasteiger partial charge in [0.1, 0.15) is 5.84 Å². The first-order valence-electron chi connectivity index (χ1n) is 8.76. The largest absolute Gasteiger partial charge is 0.500 e. The molecule has 13 nitrogen and oxygen atoms in total. The zero-order valence-corrected chi connectivity index (χ0v) is 16.9. The number of hydrazine groups is 1. The molecule has 0 aromatic rings. The van der Waals surface area contributed by atoms with Gasteiger partial charge in [-0.3, -0.25) is 5.01 Å². The number of amidine groups is 1. The van der Waals surface area contributed by atoms with Crippen molar-refractivity contribution in [2.24, 2.45) is 26.1 Å². The minimum Gasteiger partial charge on any atom is -0.374 e. The topological polar surface area (TPSA) is 179 Å². The second-order valence-corrected chi connectivity index (χ2v) is 8.03. The van der Waals surface area contributed by atoms with Crippen LogP contribution < -0.4 is 5.84 Å². The van der Waals surface area contributed by atoms with Crippen LogP contribution in [0, 0.1) is 0 Å². The van der Waals surface area contributed by atoms with Crippen molar-refractivity contribution in [3.05, 3.63) is 20.9 Å². The van der Waals surface area contributed by atoms with E-state index in [2.05, 4.69) is 30.0 Å². The Bertz CT molecular complexity index is 613. The molecule has 0 radical (unpaired) electrons. The summed E-state index contributed by atoms with van der Waals surface area (Å²) in [6.45, 7) is 7.31. The van der Waals surface area contributed by atoms with Gasteiger partial charge < -0.3 is 13.3 Å². The van der Waals surface area contributed by atoms with Gasteiger partial charge in [0.2, 0.25) is 12.2 Å². The second kappa shape index (κ2) is 12.2. The lowest BCUT2D eigenvalue weighted by Gasteiger charge is -2.29. The number of nitrogens with two attached hydrogens (primary N) is 1. The summed E-state index contributed by atoms with van der Waals surface area (Å²) in [6, 6.07) is 0.664. The molecule has 150 valence electrons. The average molecular weight is 399 g/mol. The summed E-state index contributed by atoms with van der Waals surface area (Å²) in [5, 5.41) is 7.99. The highest BCUT2D eigenvalue weighted by molar-refractivity contribution is 6.60. The molecule has 1 aliphatic rings. The van der Waals surface area contributed by atoms with Crippen molar-refractivity contribution in [3.63, 3.8) is 0 Å². The monoisotopic (exact) mass is 398 g/mol. The molecule has 0 amide bonds. The normalized spacial score (nSPS) is 16.9. The van der Waals surface area contributed by atoms with Crippen molar-refractivity contribution in [2.75, 3.05) is 19.8 Å². The maximum atomic E-state index is 8.62. The van der Waals surface area contributed by atoms with E-state index < -0.39 is 15.1 Å². The molecule has 0 spiro atoms. The van der Waals surface area contributed by atoms with Crippen molar-refractivity contribution in [3.8, 4) is 0 Å². The third-order valence-corrected chi connectivity index (χ3v) is 6.67. The Balaban J connectivity index is 2.73. The first kappa shape index (κ1) is 22.9. The minimum absolute atomic E-state index is 0.117. The van der Waals surface area contributed by atoms with Crippen molar-refractivity contribution in [1.29, 1.82) is 0 Å². The fraction of sp³-hybridized carbons (Fsp3) is 0.846. The summed E-state index contributed by atoms with van der Waals surface area (Å²) in [5.74, 6) is 6.21. The highest BCUT2D eigenvalue weighted by atomic mass is 28.4. The van der Waals surface area contributed by atoms with Crippen molar-refractivity contribution in [2.45, 2.75) is 52.4 Å². The molecule has 0 aliphatic carbocycles. The van der Waals surface area contributed by atoms with E-state index in [-0.39, 0.29) is 5.96 Å². The Kier molecular flexibility index (Phi) is 10.4. The van der Waals surface area contributed by atoms with E-state index in [1.807, 2.05) is 20.8 Å². The molecule has 1 aliphatic heterocycles. The van der Waals surface area contributed by atoms with Gasteiger partial charge in [-0.1, -0.05) is 0 Å². The van der Waals surface area contributed by atoms with Gasteiger partial charge in [-0.2, -0.15) is 0 Å². The average Bonchev–Trinajstić information content (AvgIpc) is 2.63. The number of guanidine groups is 1. The van der Waals surface area contributed by atoms with Gasteiger partial charge in [0, 0.05) is 42.1 Å². The lowest BCUT2D eigenvalue weighted by atomic mass is 10.2. The maximum absolute atomic E-state index is 8.62. The lowest BCUT2D eigenvalue weighted by molar-refractivity contribution is 0.0707. The van der Waals surface area contributed by atoms with Crippen LogP contribution in [0.3, 0.4) is 0 Å². The van der Waals surface area contributed by atoms with E-state index in [1.54, 1.807) is 0 Å². The Morgan fingerprint density at radius 2 is 1.74 bits per heavy atom. The number of rotatable bonds is 12. The third-order valence-electron chi connectivity index (χ3n) is 3.52. The minimum atomic E-state index is -2.69. The number of hydrogen-bond donors (Lipinski definition) is 1. The zero-order chi connectivity index (χ0) is 20.1. The highest BCUT2D eigenvalue weighted by Crippen LogP contribution is 2.21. The van der Waals surface area contributed by atoms with Crippen LogP contribution in [0.4, 0.5) is 0 Å². The summed E-state index contributed by atoms with van der Waals surface area (Å²) in [6.07, 6.45) is 0.912. The summed E-state index contributed by atoms with van der Waals surface area (Å²) >= 11 is 0. The molecule has 14 heteroatoms. The molecule has 1 rings (SSSR count). The molecule has 1 heterocycles. The van der Waals surface area contributed by atoms with Gasteiger partial charge in [0.05, 0.1) is 0 Å². The van der Waals surface area contributed by atoms with Gasteiger partial charge in [0.15, 0.2) is 0 Å². The lowest BCUT2D eigenvalue weighted by Crippen LogP contribution is -2.47. The van der Waals surface area contributed by atoms with Gasteiger partial charge >= 0.3 is 8.80 Å².